The minimum Gasteiger partial charge on any atom is -0.339 e. The molecule has 1 saturated heterocycles. The van der Waals surface area contributed by atoms with E-state index in [2.05, 4.69) is 5.32 Å². The standard InChI is InChI=1S/C20H20Cl2N2O2S/c1-27-16-4-2-3-15(12-16)23-19(25)13-7-9-24(10-8-13)20(26)17-6-5-14(21)11-18(17)22/h2-6,11-13H,7-10H2,1H3,(H,23,25). The fourth-order valence-electron chi connectivity index (χ4n) is 3.12. The van der Waals surface area contributed by atoms with Crippen molar-refractivity contribution in [2.45, 2.75) is 17.7 Å². The Balaban J connectivity index is 1.57. The molecular weight excluding hydrogens is 403 g/mol. The average Bonchev–Trinajstić information content (AvgIpc) is 2.68. The number of halogens is 2. The number of likely N-dealkylation sites (tertiary alicyclic amines) is 1. The van der Waals surface area contributed by atoms with Crippen LogP contribution in [0.4, 0.5) is 5.69 Å². The Hall–Kier alpha value is -1.69. The first kappa shape index (κ1) is 20.1. The molecule has 3 rings (SSSR count). The van der Waals surface area contributed by atoms with E-state index in [-0.39, 0.29) is 17.7 Å². The van der Waals surface area contributed by atoms with Gasteiger partial charge in [0.25, 0.3) is 5.91 Å². The Kier molecular flexibility index (Phi) is 6.68. The van der Waals surface area contributed by atoms with Gasteiger partial charge >= 0.3 is 0 Å². The van der Waals surface area contributed by atoms with Gasteiger partial charge in [-0.25, -0.2) is 0 Å². The Labute approximate surface area is 173 Å². The molecule has 4 nitrogen and oxygen atoms in total. The van der Waals surface area contributed by atoms with Crippen LogP contribution in [0.3, 0.4) is 0 Å². The highest BCUT2D eigenvalue weighted by Gasteiger charge is 2.28. The van der Waals surface area contributed by atoms with Crippen LogP contribution in [0, 0.1) is 5.92 Å². The highest BCUT2D eigenvalue weighted by atomic mass is 35.5. The molecule has 0 saturated carbocycles. The van der Waals surface area contributed by atoms with Crippen LogP contribution in [-0.4, -0.2) is 36.1 Å². The van der Waals surface area contributed by atoms with Crippen LogP contribution in [0.15, 0.2) is 47.4 Å². The van der Waals surface area contributed by atoms with Gasteiger partial charge < -0.3 is 10.2 Å². The summed E-state index contributed by atoms with van der Waals surface area (Å²) in [6.07, 6.45) is 3.26. The third kappa shape index (κ3) is 4.98. The van der Waals surface area contributed by atoms with Gasteiger partial charge in [-0.3, -0.25) is 9.59 Å². The zero-order chi connectivity index (χ0) is 19.4. The third-order valence-electron chi connectivity index (χ3n) is 4.65. The summed E-state index contributed by atoms with van der Waals surface area (Å²) in [5.41, 5.74) is 1.25. The van der Waals surface area contributed by atoms with E-state index in [1.54, 1.807) is 34.9 Å². The number of hydrogen-bond donors (Lipinski definition) is 1. The fraction of sp³-hybridized carbons (Fsp3) is 0.300. The summed E-state index contributed by atoms with van der Waals surface area (Å²) in [6.45, 7) is 1.06. The van der Waals surface area contributed by atoms with Crippen LogP contribution in [0.25, 0.3) is 0 Å². The number of thioether (sulfide) groups is 1. The van der Waals surface area contributed by atoms with Gasteiger partial charge in [-0.15, -0.1) is 11.8 Å². The van der Waals surface area contributed by atoms with Gasteiger partial charge in [0.2, 0.25) is 5.91 Å². The van der Waals surface area contributed by atoms with Crippen molar-refractivity contribution in [3.05, 3.63) is 58.1 Å². The third-order valence-corrected chi connectivity index (χ3v) is 5.92. The van der Waals surface area contributed by atoms with Crippen molar-refractivity contribution >= 4 is 52.5 Å². The van der Waals surface area contributed by atoms with Crippen molar-refractivity contribution in [3.8, 4) is 0 Å². The van der Waals surface area contributed by atoms with Gasteiger partial charge in [0.15, 0.2) is 0 Å². The van der Waals surface area contributed by atoms with Gasteiger partial charge in [-0.05, 0) is 55.5 Å². The predicted molar refractivity (Wildman–Crippen MR) is 112 cm³/mol. The van der Waals surface area contributed by atoms with Gasteiger partial charge in [0.05, 0.1) is 10.6 Å². The number of hydrogen-bond acceptors (Lipinski definition) is 3. The summed E-state index contributed by atoms with van der Waals surface area (Å²) < 4.78 is 0. The first-order chi connectivity index (χ1) is 13.0. The summed E-state index contributed by atoms with van der Waals surface area (Å²) in [7, 11) is 0. The molecule has 1 heterocycles. The zero-order valence-electron chi connectivity index (χ0n) is 14.9. The molecule has 0 aromatic heterocycles. The molecule has 142 valence electrons. The van der Waals surface area contributed by atoms with Crippen molar-refractivity contribution in [2.24, 2.45) is 5.92 Å². The number of amides is 2. The molecule has 27 heavy (non-hydrogen) atoms. The van der Waals surface area contributed by atoms with Gasteiger partial charge in [-0.1, -0.05) is 29.3 Å². The highest BCUT2D eigenvalue weighted by Crippen LogP contribution is 2.26. The summed E-state index contributed by atoms with van der Waals surface area (Å²) in [4.78, 5) is 28.1. The maximum absolute atomic E-state index is 12.7. The SMILES string of the molecule is CSc1cccc(NC(=O)C2CCN(C(=O)c3ccc(Cl)cc3Cl)CC2)c1. The number of nitrogens with zero attached hydrogens (tertiary/aromatic N) is 1. The lowest BCUT2D eigenvalue weighted by Crippen LogP contribution is -2.41. The van der Waals surface area contributed by atoms with E-state index < -0.39 is 0 Å². The maximum Gasteiger partial charge on any atom is 0.255 e. The molecule has 0 aliphatic carbocycles. The smallest absolute Gasteiger partial charge is 0.255 e. The normalized spacial score (nSPS) is 14.9. The quantitative estimate of drug-likeness (QED) is 0.688. The Bertz CT molecular complexity index is 852. The molecule has 7 heteroatoms. The average molecular weight is 423 g/mol. The van der Waals surface area contributed by atoms with Crippen molar-refractivity contribution in [1.82, 2.24) is 4.90 Å². The van der Waals surface area contributed by atoms with E-state index in [1.807, 2.05) is 30.5 Å². The number of piperidine rings is 1. The Morgan fingerprint density at radius 1 is 1.11 bits per heavy atom. The second-order valence-electron chi connectivity index (χ2n) is 6.41. The molecule has 0 spiro atoms. The Morgan fingerprint density at radius 2 is 1.85 bits per heavy atom. The maximum atomic E-state index is 12.7. The minimum atomic E-state index is -0.122. The van der Waals surface area contributed by atoms with Crippen molar-refractivity contribution < 1.29 is 9.59 Å². The highest BCUT2D eigenvalue weighted by molar-refractivity contribution is 7.98. The summed E-state index contributed by atoms with van der Waals surface area (Å²) in [5, 5.41) is 3.83. The van der Waals surface area contributed by atoms with E-state index in [4.69, 9.17) is 23.2 Å². The molecule has 1 aliphatic rings. The molecule has 2 aromatic carbocycles. The van der Waals surface area contributed by atoms with Crippen LogP contribution in [0.2, 0.25) is 10.0 Å². The number of anilines is 1. The van der Waals surface area contributed by atoms with E-state index in [0.29, 0.717) is 41.5 Å². The second-order valence-corrected chi connectivity index (χ2v) is 8.14. The van der Waals surface area contributed by atoms with E-state index in [1.165, 1.54) is 0 Å². The molecule has 0 unspecified atom stereocenters. The number of rotatable bonds is 4. The summed E-state index contributed by atoms with van der Waals surface area (Å²) in [6, 6.07) is 12.7. The fourth-order valence-corrected chi connectivity index (χ4v) is 4.07. The Morgan fingerprint density at radius 3 is 2.52 bits per heavy atom. The summed E-state index contributed by atoms with van der Waals surface area (Å²) in [5.74, 6) is -0.222. The van der Waals surface area contributed by atoms with Crippen LogP contribution < -0.4 is 5.32 Å². The zero-order valence-corrected chi connectivity index (χ0v) is 17.2. The number of nitrogens with one attached hydrogen (secondary N) is 1. The first-order valence-corrected chi connectivity index (χ1v) is 10.6. The molecule has 1 fully saturated rings. The lowest BCUT2D eigenvalue weighted by atomic mass is 9.95. The first-order valence-electron chi connectivity index (χ1n) is 8.67. The molecule has 0 bridgehead atoms. The molecule has 2 amide bonds. The van der Waals surface area contributed by atoms with E-state index >= 15 is 0 Å². The molecule has 0 radical (unpaired) electrons. The van der Waals surface area contributed by atoms with Crippen molar-refractivity contribution in [3.63, 3.8) is 0 Å². The van der Waals surface area contributed by atoms with Crippen LogP contribution in [0.1, 0.15) is 23.2 Å². The van der Waals surface area contributed by atoms with Crippen LogP contribution in [-0.2, 0) is 4.79 Å². The number of carbonyl (C=O) groups is 2. The van der Waals surface area contributed by atoms with Gasteiger partial charge in [-0.2, -0.15) is 0 Å². The molecule has 2 aromatic rings. The monoisotopic (exact) mass is 422 g/mol. The van der Waals surface area contributed by atoms with Crippen LogP contribution in [0.5, 0.6) is 0 Å². The van der Waals surface area contributed by atoms with Gasteiger partial charge in [0, 0.05) is 34.6 Å². The molecule has 1 aliphatic heterocycles. The lowest BCUT2D eigenvalue weighted by molar-refractivity contribution is -0.121. The van der Waals surface area contributed by atoms with Crippen LogP contribution >= 0.6 is 35.0 Å². The summed E-state index contributed by atoms with van der Waals surface area (Å²) >= 11 is 13.7. The topological polar surface area (TPSA) is 49.4 Å². The van der Waals surface area contributed by atoms with Crippen molar-refractivity contribution in [1.29, 1.82) is 0 Å². The van der Waals surface area contributed by atoms with E-state index in [9.17, 15) is 9.59 Å². The van der Waals surface area contributed by atoms with E-state index in [0.717, 1.165) is 10.6 Å². The lowest BCUT2D eigenvalue weighted by Gasteiger charge is -2.31. The largest absolute Gasteiger partial charge is 0.339 e. The predicted octanol–water partition coefficient (Wildman–Crippen LogP) is 5.21. The molecular formula is C20H20Cl2N2O2S. The minimum absolute atomic E-state index is 0.00452. The number of benzene rings is 2. The molecule has 0 atom stereocenters. The van der Waals surface area contributed by atoms with Crippen molar-refractivity contribution in [2.75, 3.05) is 24.7 Å². The molecule has 1 N–H and O–H groups in total. The van der Waals surface area contributed by atoms with Gasteiger partial charge in [0.1, 0.15) is 0 Å². The number of carbonyl (C=O) groups excluding carboxylic acids is 2. The second kappa shape index (κ2) is 9.00.